The zero-order valence-corrected chi connectivity index (χ0v) is 20.2. The molecule has 1 fully saturated rings. The van der Waals surface area contributed by atoms with Crippen LogP contribution in [0.4, 0.5) is 0 Å². The molecular formula is C17H31IN4O3S2. The average Bonchev–Trinajstić information content (AvgIpc) is 3.14. The van der Waals surface area contributed by atoms with E-state index in [1.54, 1.807) is 38.7 Å². The van der Waals surface area contributed by atoms with Gasteiger partial charge >= 0.3 is 0 Å². The number of thiophene rings is 1. The minimum Gasteiger partial charge on any atom is -0.385 e. The van der Waals surface area contributed by atoms with Crippen molar-refractivity contribution in [2.45, 2.75) is 29.9 Å². The minimum atomic E-state index is -3.40. The summed E-state index contributed by atoms with van der Waals surface area (Å²) < 4.78 is 31.7. The van der Waals surface area contributed by atoms with Crippen LogP contribution < -0.4 is 10.6 Å². The van der Waals surface area contributed by atoms with E-state index >= 15 is 0 Å². The first-order valence-corrected chi connectivity index (χ1v) is 11.2. The summed E-state index contributed by atoms with van der Waals surface area (Å²) >= 11 is 1.23. The maximum Gasteiger partial charge on any atom is 0.252 e. The molecule has 0 aliphatic heterocycles. The van der Waals surface area contributed by atoms with Crippen LogP contribution in [0.25, 0.3) is 0 Å². The fourth-order valence-corrected chi connectivity index (χ4v) is 5.39. The van der Waals surface area contributed by atoms with Gasteiger partial charge in [0.25, 0.3) is 10.0 Å². The monoisotopic (exact) mass is 530 g/mol. The molecule has 1 aliphatic carbocycles. The van der Waals surface area contributed by atoms with E-state index in [-0.39, 0.29) is 24.0 Å². The van der Waals surface area contributed by atoms with E-state index in [2.05, 4.69) is 15.6 Å². The third kappa shape index (κ3) is 6.84. The van der Waals surface area contributed by atoms with Gasteiger partial charge in [-0.15, -0.1) is 35.3 Å². The molecule has 1 saturated carbocycles. The number of hydrogen-bond acceptors (Lipinski definition) is 5. The Morgan fingerprint density at radius 3 is 2.67 bits per heavy atom. The lowest BCUT2D eigenvalue weighted by atomic mass is 9.67. The summed E-state index contributed by atoms with van der Waals surface area (Å²) in [5.41, 5.74) is 0.299. The zero-order valence-electron chi connectivity index (χ0n) is 16.2. The second kappa shape index (κ2) is 11.5. The number of nitrogens with zero attached hydrogens (tertiary/aromatic N) is 2. The normalized spacial score (nSPS) is 16.5. The quantitative estimate of drug-likeness (QED) is 0.276. The first-order chi connectivity index (χ1) is 12.4. The molecule has 0 unspecified atom stereocenters. The SMILES string of the molecule is CN=C(NCCN(C)S(=O)(=O)c1cccs1)NCC1(CCOC)CCC1.I. The van der Waals surface area contributed by atoms with Crippen LogP contribution in [0.5, 0.6) is 0 Å². The molecule has 0 radical (unpaired) electrons. The van der Waals surface area contributed by atoms with Crippen molar-refractivity contribution in [2.24, 2.45) is 10.4 Å². The maximum absolute atomic E-state index is 12.4. The van der Waals surface area contributed by atoms with Crippen LogP contribution in [0.2, 0.25) is 0 Å². The lowest BCUT2D eigenvalue weighted by Gasteiger charge is -2.42. The summed E-state index contributed by atoms with van der Waals surface area (Å²) in [7, 11) is 1.66. The number of aliphatic imine (C=N–C) groups is 1. The van der Waals surface area contributed by atoms with Crippen molar-refractivity contribution >= 4 is 51.3 Å². The first-order valence-electron chi connectivity index (χ1n) is 8.87. The first kappa shape index (κ1) is 24.6. The Hall–Kier alpha value is -0.430. The van der Waals surface area contributed by atoms with Crippen LogP contribution in [0.3, 0.4) is 0 Å². The number of sulfonamides is 1. The van der Waals surface area contributed by atoms with Crippen molar-refractivity contribution in [2.75, 3.05) is 47.4 Å². The largest absolute Gasteiger partial charge is 0.385 e. The van der Waals surface area contributed by atoms with Gasteiger partial charge in [-0.1, -0.05) is 12.5 Å². The van der Waals surface area contributed by atoms with Gasteiger partial charge in [0.15, 0.2) is 5.96 Å². The standard InChI is InChI=1S/C17H30N4O3S2.HI/c1-18-16(20-14-17(7-5-8-17)9-12-24-3)19-10-11-21(2)26(22,23)15-6-4-13-25-15;/h4,6,13H,5,7-12,14H2,1-3H3,(H2,18,19,20);1H. The Morgan fingerprint density at radius 1 is 1.41 bits per heavy atom. The summed E-state index contributed by atoms with van der Waals surface area (Å²) in [6.07, 6.45) is 4.74. The number of rotatable bonds is 10. The molecule has 0 spiro atoms. The van der Waals surface area contributed by atoms with Gasteiger partial charge in [0.2, 0.25) is 0 Å². The third-order valence-electron chi connectivity index (χ3n) is 4.98. The maximum atomic E-state index is 12.4. The molecule has 2 rings (SSSR count). The minimum absolute atomic E-state index is 0. The Balaban J connectivity index is 0.00000364. The van der Waals surface area contributed by atoms with Gasteiger partial charge in [-0.05, 0) is 36.1 Å². The van der Waals surface area contributed by atoms with Gasteiger partial charge in [0.05, 0.1) is 0 Å². The number of nitrogens with one attached hydrogen (secondary N) is 2. The molecule has 1 aromatic rings. The number of methoxy groups -OCH3 is 1. The molecule has 156 valence electrons. The molecule has 0 saturated heterocycles. The molecule has 7 nitrogen and oxygen atoms in total. The average molecular weight is 530 g/mol. The van der Waals surface area contributed by atoms with Gasteiger partial charge in [0.1, 0.15) is 4.21 Å². The van der Waals surface area contributed by atoms with Crippen LogP contribution in [0.15, 0.2) is 26.7 Å². The number of guanidine groups is 1. The van der Waals surface area contributed by atoms with E-state index < -0.39 is 10.0 Å². The summed E-state index contributed by atoms with van der Waals surface area (Å²) in [5, 5.41) is 8.35. The summed E-state index contributed by atoms with van der Waals surface area (Å²) in [6.45, 7) is 2.50. The van der Waals surface area contributed by atoms with Crippen LogP contribution in [0, 0.1) is 5.41 Å². The highest BCUT2D eigenvalue weighted by Crippen LogP contribution is 2.43. The van der Waals surface area contributed by atoms with Crippen LogP contribution >= 0.6 is 35.3 Å². The summed E-state index contributed by atoms with van der Waals surface area (Å²) in [5.74, 6) is 0.704. The molecular weight excluding hydrogens is 499 g/mol. The van der Waals surface area contributed by atoms with Gasteiger partial charge in [-0.25, -0.2) is 8.42 Å². The molecule has 1 aromatic heterocycles. The highest BCUT2D eigenvalue weighted by atomic mass is 127. The molecule has 1 aliphatic rings. The molecule has 0 atom stereocenters. The second-order valence-corrected chi connectivity index (χ2v) is 9.93. The number of halogens is 1. The predicted octanol–water partition coefficient (Wildman–Crippen LogP) is 2.36. The van der Waals surface area contributed by atoms with Gasteiger partial charge in [-0.3, -0.25) is 4.99 Å². The van der Waals surface area contributed by atoms with E-state index in [9.17, 15) is 8.42 Å². The Morgan fingerprint density at radius 2 is 2.15 bits per heavy atom. The lowest BCUT2D eigenvalue weighted by Crippen LogP contribution is -2.48. The molecule has 2 N–H and O–H groups in total. The molecule has 0 bridgehead atoms. The topological polar surface area (TPSA) is 83.0 Å². The molecule has 1 heterocycles. The fourth-order valence-electron chi connectivity index (χ4n) is 3.02. The fraction of sp³-hybridized carbons (Fsp3) is 0.706. The highest BCUT2D eigenvalue weighted by molar-refractivity contribution is 14.0. The van der Waals surface area contributed by atoms with Gasteiger partial charge in [-0.2, -0.15) is 4.31 Å². The van der Waals surface area contributed by atoms with E-state index in [0.717, 1.165) is 19.6 Å². The predicted molar refractivity (Wildman–Crippen MR) is 122 cm³/mol. The van der Waals surface area contributed by atoms with Crippen molar-refractivity contribution < 1.29 is 13.2 Å². The third-order valence-corrected chi connectivity index (χ3v) is 8.21. The molecule has 0 aromatic carbocycles. The number of likely N-dealkylation sites (N-methyl/N-ethyl adjacent to an activating group) is 1. The van der Waals surface area contributed by atoms with Crippen LogP contribution in [-0.2, 0) is 14.8 Å². The van der Waals surface area contributed by atoms with Crippen molar-refractivity contribution in [3.8, 4) is 0 Å². The van der Waals surface area contributed by atoms with Crippen molar-refractivity contribution in [3.63, 3.8) is 0 Å². The van der Waals surface area contributed by atoms with Gasteiger partial charge in [0, 0.05) is 47.4 Å². The Kier molecular flexibility index (Phi) is 10.5. The van der Waals surface area contributed by atoms with E-state index in [1.165, 1.54) is 34.9 Å². The van der Waals surface area contributed by atoms with Crippen molar-refractivity contribution in [3.05, 3.63) is 17.5 Å². The van der Waals surface area contributed by atoms with E-state index in [4.69, 9.17) is 4.74 Å². The van der Waals surface area contributed by atoms with Crippen molar-refractivity contribution in [1.29, 1.82) is 0 Å². The highest BCUT2D eigenvalue weighted by Gasteiger charge is 2.36. The molecule has 0 amide bonds. The Bertz CT molecular complexity index is 676. The van der Waals surface area contributed by atoms with Crippen molar-refractivity contribution in [1.82, 2.24) is 14.9 Å². The summed E-state index contributed by atoms with van der Waals surface area (Å²) in [6, 6.07) is 3.37. The van der Waals surface area contributed by atoms with E-state index in [1.807, 2.05) is 0 Å². The Labute approximate surface area is 184 Å². The van der Waals surface area contributed by atoms with Gasteiger partial charge < -0.3 is 15.4 Å². The lowest BCUT2D eigenvalue weighted by molar-refractivity contribution is 0.0732. The van der Waals surface area contributed by atoms with E-state index in [0.29, 0.717) is 28.7 Å². The number of hydrogen-bond donors (Lipinski definition) is 2. The zero-order chi connectivity index (χ0) is 19.0. The molecule has 27 heavy (non-hydrogen) atoms. The second-order valence-electron chi connectivity index (χ2n) is 6.71. The van der Waals surface area contributed by atoms with Crippen LogP contribution in [-0.4, -0.2) is 66.1 Å². The number of ether oxygens (including phenoxy) is 1. The van der Waals surface area contributed by atoms with Crippen LogP contribution in [0.1, 0.15) is 25.7 Å². The smallest absolute Gasteiger partial charge is 0.252 e. The summed E-state index contributed by atoms with van der Waals surface area (Å²) in [4.78, 5) is 4.24. The molecule has 10 heteroatoms.